The first kappa shape index (κ1) is 29.4. The highest BCUT2D eigenvalue weighted by Gasteiger charge is 2.32. The van der Waals surface area contributed by atoms with E-state index in [9.17, 15) is 24.6 Å². The molecule has 0 spiro atoms. The monoisotopic (exact) mass is 502 g/mol. The van der Waals surface area contributed by atoms with E-state index in [0.717, 1.165) is 6.08 Å². The third-order valence-corrected chi connectivity index (χ3v) is 6.62. The van der Waals surface area contributed by atoms with Crippen LogP contribution in [-0.2, 0) is 23.9 Å². The van der Waals surface area contributed by atoms with Crippen molar-refractivity contribution in [2.24, 2.45) is 17.6 Å². The number of aliphatic hydroxyl groups is 2. The third-order valence-electron chi connectivity index (χ3n) is 6.62. The number of nitrogens with two attached hydrogens (primary N) is 1. The van der Waals surface area contributed by atoms with Gasteiger partial charge < -0.3 is 30.7 Å². The zero-order valence-electron chi connectivity index (χ0n) is 21.8. The average Bonchev–Trinajstić information content (AvgIpc) is 2.84. The predicted molar refractivity (Wildman–Crippen MR) is 135 cm³/mol. The molecule has 0 aromatic rings. The minimum Gasteiger partial charge on any atom is -0.395 e. The lowest BCUT2D eigenvalue weighted by Gasteiger charge is -2.29. The number of ether oxygens (including phenoxy) is 2. The van der Waals surface area contributed by atoms with Gasteiger partial charge in [-0.3, -0.25) is 14.4 Å². The highest BCUT2D eigenvalue weighted by Crippen LogP contribution is 2.27. The fraction of sp³-hybridized carbons (Fsp3) is 0.519. The summed E-state index contributed by atoms with van der Waals surface area (Å²) < 4.78 is 11.0. The molecule has 0 saturated carbocycles. The van der Waals surface area contributed by atoms with Crippen molar-refractivity contribution in [1.82, 2.24) is 5.32 Å². The van der Waals surface area contributed by atoms with Gasteiger partial charge in [-0.15, -0.1) is 0 Å². The van der Waals surface area contributed by atoms with E-state index >= 15 is 0 Å². The lowest BCUT2D eigenvalue weighted by molar-refractivity contribution is -0.120. The summed E-state index contributed by atoms with van der Waals surface area (Å²) in [7, 11) is 2.95. The number of fused-ring (bicyclic) bond motifs is 2. The summed E-state index contributed by atoms with van der Waals surface area (Å²) in [6.45, 7) is 7.00. The number of carbonyl (C=O) groups is 3. The molecule has 5 N–H and O–H groups in total. The summed E-state index contributed by atoms with van der Waals surface area (Å²) >= 11 is 0. The molecule has 1 heterocycles. The Hall–Kier alpha value is -2.85. The molecule has 0 saturated heterocycles. The number of methoxy groups -OCH3 is 2. The highest BCUT2D eigenvalue weighted by molar-refractivity contribution is 6.23. The molecular weight excluding hydrogens is 464 g/mol. The van der Waals surface area contributed by atoms with Crippen molar-refractivity contribution in [3.63, 3.8) is 0 Å². The van der Waals surface area contributed by atoms with Gasteiger partial charge in [0.05, 0.1) is 23.6 Å². The van der Waals surface area contributed by atoms with Gasteiger partial charge in [-0.05, 0) is 38.2 Å². The summed E-state index contributed by atoms with van der Waals surface area (Å²) in [5.74, 6) is -2.16. The molecule has 2 rings (SSSR count). The largest absolute Gasteiger partial charge is 0.395 e. The Bertz CT molecular complexity index is 1020. The maximum absolute atomic E-state index is 13.1. The number of hydrogen-bond donors (Lipinski definition) is 4. The van der Waals surface area contributed by atoms with E-state index in [1.807, 2.05) is 13.8 Å². The van der Waals surface area contributed by atoms with Crippen LogP contribution < -0.4 is 11.1 Å². The second-order valence-corrected chi connectivity index (χ2v) is 9.56. The van der Waals surface area contributed by atoms with Gasteiger partial charge in [0.2, 0.25) is 11.6 Å². The number of ketones is 2. The lowest BCUT2D eigenvalue weighted by atomic mass is 9.85. The molecule has 9 heteroatoms. The molecule has 2 bridgehead atoms. The van der Waals surface area contributed by atoms with Gasteiger partial charge in [0.15, 0.2) is 0 Å². The molecule has 0 radical (unpaired) electrons. The molecule has 1 aliphatic heterocycles. The number of rotatable bonds is 2. The van der Waals surface area contributed by atoms with Crippen LogP contribution in [0.15, 0.2) is 58.5 Å². The van der Waals surface area contributed by atoms with Gasteiger partial charge >= 0.3 is 0 Å². The first-order chi connectivity index (χ1) is 16.9. The van der Waals surface area contributed by atoms with Crippen molar-refractivity contribution in [2.75, 3.05) is 14.2 Å². The molecule has 6 atom stereocenters. The van der Waals surface area contributed by atoms with Crippen LogP contribution in [-0.4, -0.2) is 66.3 Å². The van der Waals surface area contributed by atoms with E-state index in [1.54, 1.807) is 32.1 Å². The quantitative estimate of drug-likeness (QED) is 0.329. The SMILES string of the molecule is COC1/C=C/C=C(/C)C(=O)NC2=CC(=O)C(N)=C(CC(C)CC(OC)C(O)C(C)/C=C(\C)C1O)C2=O. The van der Waals surface area contributed by atoms with Crippen molar-refractivity contribution >= 4 is 17.5 Å². The molecule has 1 aliphatic carbocycles. The Morgan fingerprint density at radius 2 is 1.75 bits per heavy atom. The van der Waals surface area contributed by atoms with Crippen LogP contribution >= 0.6 is 0 Å². The predicted octanol–water partition coefficient (Wildman–Crippen LogP) is 1.62. The standard InChI is InChI=1S/C27H38N2O7/c1-14-10-18-23(28)20(30)13-19(26(18)33)29-27(34)15(2)8-7-9-21(35-5)24(31)16(3)12-17(4)25(32)22(11-14)36-6/h7-9,12-14,17,21-22,24-25,31-32H,10-11,28H2,1-6H3,(H,29,34)/b9-7+,15-8-,16-12+. The average molecular weight is 503 g/mol. The Morgan fingerprint density at radius 1 is 1.08 bits per heavy atom. The van der Waals surface area contributed by atoms with Gasteiger partial charge in [-0.2, -0.15) is 0 Å². The number of Topliss-reactive ketones (excluding diaryl/α,β-unsaturated/α-hetero) is 1. The van der Waals surface area contributed by atoms with Gasteiger partial charge in [-0.25, -0.2) is 0 Å². The molecule has 9 nitrogen and oxygen atoms in total. The zero-order chi connectivity index (χ0) is 27.2. The van der Waals surface area contributed by atoms with Crippen molar-refractivity contribution in [3.05, 3.63) is 58.5 Å². The Balaban J connectivity index is 2.50. The molecule has 36 heavy (non-hydrogen) atoms. The van der Waals surface area contributed by atoms with Crippen LogP contribution in [0.2, 0.25) is 0 Å². The van der Waals surface area contributed by atoms with Crippen LogP contribution in [0.1, 0.15) is 40.5 Å². The van der Waals surface area contributed by atoms with Gasteiger partial charge in [0.25, 0.3) is 5.91 Å². The van der Waals surface area contributed by atoms with Gasteiger partial charge in [0.1, 0.15) is 12.2 Å². The normalized spacial score (nSPS) is 35.3. The van der Waals surface area contributed by atoms with E-state index in [2.05, 4.69) is 5.32 Å². The topological polar surface area (TPSA) is 148 Å². The summed E-state index contributed by atoms with van der Waals surface area (Å²) in [5.41, 5.74) is 6.69. The van der Waals surface area contributed by atoms with Crippen molar-refractivity contribution in [2.45, 2.75) is 65.0 Å². The van der Waals surface area contributed by atoms with Crippen molar-refractivity contribution in [3.8, 4) is 0 Å². The minimum absolute atomic E-state index is 0.129. The Labute approximate surface area is 212 Å². The zero-order valence-corrected chi connectivity index (χ0v) is 21.8. The third kappa shape index (κ3) is 7.10. The van der Waals surface area contributed by atoms with E-state index in [-0.39, 0.29) is 40.8 Å². The van der Waals surface area contributed by atoms with Crippen molar-refractivity contribution < 1.29 is 34.1 Å². The van der Waals surface area contributed by atoms with E-state index < -0.39 is 41.9 Å². The number of aliphatic hydroxyl groups excluding tert-OH is 2. The smallest absolute Gasteiger partial charge is 0.251 e. The van der Waals surface area contributed by atoms with Crippen LogP contribution in [0.3, 0.4) is 0 Å². The highest BCUT2D eigenvalue weighted by atomic mass is 16.5. The van der Waals surface area contributed by atoms with Crippen LogP contribution in [0.4, 0.5) is 0 Å². The number of carbonyl (C=O) groups excluding carboxylic acids is 3. The molecular formula is C27H38N2O7. The van der Waals surface area contributed by atoms with Crippen LogP contribution in [0.25, 0.3) is 0 Å². The van der Waals surface area contributed by atoms with Crippen LogP contribution in [0.5, 0.6) is 0 Å². The molecule has 2 aliphatic rings. The first-order valence-corrected chi connectivity index (χ1v) is 12.0. The van der Waals surface area contributed by atoms with Crippen LogP contribution in [0, 0.1) is 11.8 Å². The Kier molecular flexibility index (Phi) is 10.5. The number of amides is 1. The first-order valence-electron chi connectivity index (χ1n) is 12.0. The summed E-state index contributed by atoms with van der Waals surface area (Å²) in [6, 6.07) is 0. The van der Waals surface area contributed by atoms with E-state index in [1.165, 1.54) is 20.3 Å². The fourth-order valence-electron chi connectivity index (χ4n) is 4.34. The van der Waals surface area contributed by atoms with Crippen molar-refractivity contribution in [1.29, 1.82) is 0 Å². The van der Waals surface area contributed by atoms with Gasteiger partial charge in [0, 0.05) is 37.4 Å². The second kappa shape index (κ2) is 12.9. The summed E-state index contributed by atoms with van der Waals surface area (Å²) in [5, 5.41) is 24.3. The molecule has 0 fully saturated rings. The second-order valence-electron chi connectivity index (χ2n) is 9.56. The fourth-order valence-corrected chi connectivity index (χ4v) is 4.34. The number of allylic oxidation sites excluding steroid dienone is 4. The molecule has 0 aromatic heterocycles. The number of nitrogens with one attached hydrogen (secondary N) is 1. The molecule has 6 unspecified atom stereocenters. The van der Waals surface area contributed by atoms with Gasteiger partial charge in [-0.1, -0.05) is 38.2 Å². The maximum Gasteiger partial charge on any atom is 0.251 e. The maximum atomic E-state index is 13.1. The molecule has 1 amide bonds. The minimum atomic E-state index is -0.978. The molecule has 0 aromatic carbocycles. The van der Waals surface area contributed by atoms with E-state index in [4.69, 9.17) is 15.2 Å². The lowest BCUT2D eigenvalue weighted by Crippen LogP contribution is -2.36. The summed E-state index contributed by atoms with van der Waals surface area (Å²) in [6.07, 6.45) is 4.89. The summed E-state index contributed by atoms with van der Waals surface area (Å²) in [4.78, 5) is 38.2. The molecule has 198 valence electrons. The van der Waals surface area contributed by atoms with E-state index in [0.29, 0.717) is 12.0 Å². The Morgan fingerprint density at radius 3 is 2.36 bits per heavy atom. The number of hydrogen-bond acceptors (Lipinski definition) is 8.